The Morgan fingerprint density at radius 1 is 0.947 bits per heavy atom. The van der Waals surface area contributed by atoms with E-state index in [0.29, 0.717) is 12.5 Å². The van der Waals surface area contributed by atoms with Gasteiger partial charge >= 0.3 is 0 Å². The number of hydrogen-bond donors (Lipinski definition) is 3. The summed E-state index contributed by atoms with van der Waals surface area (Å²) >= 11 is 0. The molecule has 10 heteroatoms. The van der Waals surface area contributed by atoms with Gasteiger partial charge in [0, 0.05) is 29.9 Å². The van der Waals surface area contributed by atoms with Crippen molar-refractivity contribution >= 4 is 38.2 Å². The van der Waals surface area contributed by atoms with Crippen LogP contribution >= 0.6 is 0 Å². The first kappa shape index (κ1) is 25.5. The summed E-state index contributed by atoms with van der Waals surface area (Å²) < 4.78 is 27.9. The van der Waals surface area contributed by atoms with E-state index in [1.54, 1.807) is 24.3 Å². The topological polar surface area (TPSA) is 134 Å². The Labute approximate surface area is 220 Å². The van der Waals surface area contributed by atoms with Crippen LogP contribution in [0.4, 0.5) is 11.4 Å². The van der Waals surface area contributed by atoms with Gasteiger partial charge in [0.05, 0.1) is 9.82 Å². The second kappa shape index (κ2) is 10.7. The number of anilines is 1. The van der Waals surface area contributed by atoms with Gasteiger partial charge in [0.2, 0.25) is 0 Å². The summed E-state index contributed by atoms with van der Waals surface area (Å²) in [5.74, 6) is -0.382. The van der Waals surface area contributed by atoms with E-state index in [1.165, 1.54) is 18.6 Å². The average Bonchev–Trinajstić information content (AvgIpc) is 3.40. The quantitative estimate of drug-likeness (QED) is 0.192. The molecule has 1 amide bonds. The Hall–Kier alpha value is -4.18. The van der Waals surface area contributed by atoms with Crippen molar-refractivity contribution in [3.05, 3.63) is 88.6 Å². The predicted molar refractivity (Wildman–Crippen MR) is 147 cm³/mol. The van der Waals surface area contributed by atoms with Crippen LogP contribution in [0.25, 0.3) is 22.0 Å². The highest BCUT2D eigenvalue weighted by atomic mass is 32.2. The number of nitro benzene ring substituents is 1. The number of nitrogens with zero attached hydrogens (tertiary/aromatic N) is 1. The first-order chi connectivity index (χ1) is 18.3. The second-order valence-electron chi connectivity index (χ2n) is 9.61. The SMILES string of the molecule is O=C(NS(=O)(=O)c1ccc(NCC2CCCCC2)c([N+](=O)[O-])c1)c1ccc(-c2ccc3cc[nH]c3c2)cc1. The van der Waals surface area contributed by atoms with Crippen LogP contribution in [-0.4, -0.2) is 30.8 Å². The number of nitro groups is 1. The summed E-state index contributed by atoms with van der Waals surface area (Å²) in [6.07, 6.45) is 7.51. The van der Waals surface area contributed by atoms with Crippen molar-refractivity contribution in [3.63, 3.8) is 0 Å². The number of benzene rings is 3. The number of carbonyl (C=O) groups is 1. The second-order valence-corrected chi connectivity index (χ2v) is 11.3. The lowest BCUT2D eigenvalue weighted by Gasteiger charge is -2.22. The summed E-state index contributed by atoms with van der Waals surface area (Å²) in [6, 6.07) is 18.1. The Kier molecular flexibility index (Phi) is 7.15. The number of fused-ring (bicyclic) bond motifs is 1. The van der Waals surface area contributed by atoms with Crippen molar-refractivity contribution in [1.29, 1.82) is 0 Å². The highest BCUT2D eigenvalue weighted by Crippen LogP contribution is 2.30. The minimum atomic E-state index is -4.33. The van der Waals surface area contributed by atoms with E-state index in [-0.39, 0.29) is 21.8 Å². The smallest absolute Gasteiger partial charge is 0.293 e. The molecule has 1 heterocycles. The third kappa shape index (κ3) is 5.55. The molecule has 1 aliphatic carbocycles. The Morgan fingerprint density at radius 3 is 2.42 bits per heavy atom. The van der Waals surface area contributed by atoms with Crippen LogP contribution in [0.3, 0.4) is 0 Å². The van der Waals surface area contributed by atoms with E-state index >= 15 is 0 Å². The fourth-order valence-electron chi connectivity index (χ4n) is 4.91. The van der Waals surface area contributed by atoms with Gasteiger partial charge in [0.25, 0.3) is 21.6 Å². The van der Waals surface area contributed by atoms with Gasteiger partial charge in [-0.3, -0.25) is 14.9 Å². The summed E-state index contributed by atoms with van der Waals surface area (Å²) in [4.78, 5) is 26.6. The highest BCUT2D eigenvalue weighted by Gasteiger charge is 2.24. The number of rotatable bonds is 8. The number of nitrogens with one attached hydrogen (secondary N) is 3. The molecule has 0 unspecified atom stereocenters. The fraction of sp³-hybridized carbons (Fsp3) is 0.250. The maximum Gasteiger partial charge on any atom is 0.293 e. The normalized spacial score (nSPS) is 14.3. The predicted octanol–water partition coefficient (Wildman–Crippen LogP) is 5.85. The van der Waals surface area contributed by atoms with Gasteiger partial charge < -0.3 is 10.3 Å². The molecule has 1 fully saturated rings. The zero-order chi connectivity index (χ0) is 26.7. The van der Waals surface area contributed by atoms with Crippen LogP contribution in [0.5, 0.6) is 0 Å². The molecule has 1 saturated carbocycles. The third-order valence-corrected chi connectivity index (χ3v) is 8.37. The molecule has 0 saturated heterocycles. The summed E-state index contributed by atoms with van der Waals surface area (Å²) in [5.41, 5.74) is 2.87. The van der Waals surface area contributed by atoms with Gasteiger partial charge in [-0.05, 0) is 71.7 Å². The molecule has 9 nitrogen and oxygen atoms in total. The van der Waals surface area contributed by atoms with E-state index < -0.39 is 20.9 Å². The van der Waals surface area contributed by atoms with Gasteiger partial charge in [-0.25, -0.2) is 13.1 Å². The number of aromatic amines is 1. The molecule has 0 atom stereocenters. The lowest BCUT2D eigenvalue weighted by Crippen LogP contribution is -2.30. The molecule has 0 aliphatic heterocycles. The van der Waals surface area contributed by atoms with Crippen molar-refractivity contribution in [2.24, 2.45) is 5.92 Å². The van der Waals surface area contributed by atoms with E-state index in [0.717, 1.165) is 53.8 Å². The van der Waals surface area contributed by atoms with Crippen LogP contribution in [0.1, 0.15) is 42.5 Å². The third-order valence-electron chi connectivity index (χ3n) is 7.04. The van der Waals surface area contributed by atoms with E-state index in [4.69, 9.17) is 0 Å². The van der Waals surface area contributed by atoms with Gasteiger partial charge in [0.15, 0.2) is 0 Å². The number of carbonyl (C=O) groups excluding carboxylic acids is 1. The molecule has 3 N–H and O–H groups in total. The molecule has 4 aromatic rings. The van der Waals surface area contributed by atoms with E-state index in [1.807, 2.05) is 35.2 Å². The van der Waals surface area contributed by atoms with Crippen molar-refractivity contribution in [2.45, 2.75) is 37.0 Å². The van der Waals surface area contributed by atoms with Crippen LogP contribution in [0, 0.1) is 16.0 Å². The summed E-state index contributed by atoms with van der Waals surface area (Å²) in [7, 11) is -4.33. The summed E-state index contributed by atoms with van der Waals surface area (Å²) in [6.45, 7) is 0.596. The van der Waals surface area contributed by atoms with Crippen molar-refractivity contribution in [1.82, 2.24) is 9.71 Å². The maximum atomic E-state index is 12.9. The van der Waals surface area contributed by atoms with E-state index in [2.05, 4.69) is 10.3 Å². The molecule has 196 valence electrons. The lowest BCUT2D eigenvalue weighted by atomic mass is 9.89. The van der Waals surface area contributed by atoms with Crippen LogP contribution in [0.2, 0.25) is 0 Å². The van der Waals surface area contributed by atoms with Gasteiger partial charge in [-0.1, -0.05) is 43.5 Å². The van der Waals surface area contributed by atoms with Gasteiger partial charge in [-0.2, -0.15) is 0 Å². The zero-order valence-corrected chi connectivity index (χ0v) is 21.5. The first-order valence-corrected chi connectivity index (χ1v) is 14.1. The maximum absolute atomic E-state index is 12.9. The molecule has 3 aromatic carbocycles. The largest absolute Gasteiger partial charge is 0.379 e. The fourth-order valence-corrected chi connectivity index (χ4v) is 5.90. The molecule has 1 aliphatic rings. The Bertz CT molecular complexity index is 1590. The number of amides is 1. The van der Waals surface area contributed by atoms with Gasteiger partial charge in [-0.15, -0.1) is 0 Å². The minimum Gasteiger partial charge on any atom is -0.379 e. The molecule has 0 bridgehead atoms. The van der Waals surface area contributed by atoms with Crippen LogP contribution < -0.4 is 10.0 Å². The Balaban J connectivity index is 1.29. The summed E-state index contributed by atoms with van der Waals surface area (Å²) in [5, 5.41) is 15.9. The molecule has 0 radical (unpaired) electrons. The number of aromatic nitrogens is 1. The molecule has 1 aromatic heterocycles. The van der Waals surface area contributed by atoms with Crippen molar-refractivity contribution in [2.75, 3.05) is 11.9 Å². The van der Waals surface area contributed by atoms with Crippen molar-refractivity contribution < 1.29 is 18.1 Å². The molecular weight excluding hydrogens is 504 g/mol. The number of sulfonamides is 1. The van der Waals surface area contributed by atoms with Crippen LogP contribution in [-0.2, 0) is 10.0 Å². The lowest BCUT2D eigenvalue weighted by molar-refractivity contribution is -0.384. The monoisotopic (exact) mass is 532 g/mol. The molecule has 0 spiro atoms. The molecular formula is C28H28N4O5S. The average molecular weight is 533 g/mol. The number of hydrogen-bond acceptors (Lipinski definition) is 6. The molecule has 38 heavy (non-hydrogen) atoms. The highest BCUT2D eigenvalue weighted by molar-refractivity contribution is 7.90. The molecule has 5 rings (SSSR count). The minimum absolute atomic E-state index is 0.151. The van der Waals surface area contributed by atoms with Gasteiger partial charge in [0.1, 0.15) is 5.69 Å². The van der Waals surface area contributed by atoms with Crippen LogP contribution in [0.15, 0.2) is 77.8 Å². The Morgan fingerprint density at radius 2 is 1.68 bits per heavy atom. The van der Waals surface area contributed by atoms with Crippen molar-refractivity contribution in [3.8, 4) is 11.1 Å². The number of H-pyrrole nitrogens is 1. The first-order valence-electron chi connectivity index (χ1n) is 12.6. The standard InChI is InChI=1S/C28H28N4O5S/c33-28(22-9-6-20(7-10-22)23-11-8-21-14-15-29-26(21)16-23)31-38(36,37)24-12-13-25(27(17-24)32(34)35)30-18-19-4-2-1-3-5-19/h6-17,19,29-30H,1-5,18H2,(H,31,33). The van der Waals surface area contributed by atoms with E-state index in [9.17, 15) is 23.3 Å². The zero-order valence-electron chi connectivity index (χ0n) is 20.6.